The Balaban J connectivity index is 1.44. The van der Waals surface area contributed by atoms with E-state index in [4.69, 9.17) is 24.4 Å². The SMILES string of the molecule is Cn1c(-c2ccncc2)nc2c(N3CCOCC3)nc(N3CCOC(c4ccccc4)C3)nc21. The Morgan fingerprint density at radius 3 is 2.41 bits per heavy atom. The summed E-state index contributed by atoms with van der Waals surface area (Å²) in [5.41, 5.74) is 3.80. The van der Waals surface area contributed by atoms with Crippen molar-refractivity contribution in [2.45, 2.75) is 6.10 Å². The number of hydrogen-bond acceptors (Lipinski definition) is 8. The molecule has 3 aromatic heterocycles. The molecule has 34 heavy (non-hydrogen) atoms. The summed E-state index contributed by atoms with van der Waals surface area (Å²) in [7, 11) is 2.01. The van der Waals surface area contributed by atoms with Crippen molar-refractivity contribution >= 4 is 22.9 Å². The van der Waals surface area contributed by atoms with Gasteiger partial charge in [0.1, 0.15) is 11.9 Å². The molecule has 1 atom stereocenters. The van der Waals surface area contributed by atoms with E-state index < -0.39 is 0 Å². The van der Waals surface area contributed by atoms with E-state index in [2.05, 4.69) is 31.5 Å². The predicted molar refractivity (Wildman–Crippen MR) is 130 cm³/mol. The number of imidazole rings is 1. The number of pyridine rings is 1. The van der Waals surface area contributed by atoms with Gasteiger partial charge in [-0.15, -0.1) is 0 Å². The first-order valence-corrected chi connectivity index (χ1v) is 11.7. The molecule has 0 spiro atoms. The molecule has 0 amide bonds. The van der Waals surface area contributed by atoms with Crippen molar-refractivity contribution in [2.24, 2.45) is 7.05 Å². The fraction of sp³-hybridized carbons (Fsp3) is 0.360. The average molecular weight is 458 g/mol. The van der Waals surface area contributed by atoms with Gasteiger partial charge in [0.2, 0.25) is 5.95 Å². The number of fused-ring (bicyclic) bond motifs is 1. The number of ether oxygens (including phenoxy) is 2. The molecule has 2 aliphatic rings. The summed E-state index contributed by atoms with van der Waals surface area (Å²) in [5.74, 6) is 2.42. The summed E-state index contributed by atoms with van der Waals surface area (Å²) in [6.07, 6.45) is 3.55. The van der Waals surface area contributed by atoms with Crippen molar-refractivity contribution in [3.05, 3.63) is 60.4 Å². The second-order valence-corrected chi connectivity index (χ2v) is 8.57. The van der Waals surface area contributed by atoms with Gasteiger partial charge in [-0.1, -0.05) is 30.3 Å². The van der Waals surface area contributed by atoms with Crippen molar-refractivity contribution < 1.29 is 9.47 Å². The van der Waals surface area contributed by atoms with Crippen molar-refractivity contribution in [3.8, 4) is 11.4 Å². The van der Waals surface area contributed by atoms with Crippen LogP contribution in [0.2, 0.25) is 0 Å². The van der Waals surface area contributed by atoms with Crippen LogP contribution >= 0.6 is 0 Å². The van der Waals surface area contributed by atoms with Gasteiger partial charge < -0.3 is 23.8 Å². The molecule has 2 saturated heterocycles. The number of aromatic nitrogens is 5. The maximum Gasteiger partial charge on any atom is 0.229 e. The Morgan fingerprint density at radius 1 is 0.853 bits per heavy atom. The van der Waals surface area contributed by atoms with E-state index in [9.17, 15) is 0 Å². The molecule has 5 heterocycles. The lowest BCUT2D eigenvalue weighted by Gasteiger charge is -2.34. The molecular formula is C25H27N7O2. The minimum atomic E-state index is -0.0139. The monoisotopic (exact) mass is 457 g/mol. The van der Waals surface area contributed by atoms with E-state index >= 15 is 0 Å². The zero-order valence-electron chi connectivity index (χ0n) is 19.2. The third-order valence-electron chi connectivity index (χ3n) is 6.46. The number of aryl methyl sites for hydroxylation is 1. The summed E-state index contributed by atoms with van der Waals surface area (Å²) in [4.78, 5) is 23.7. The molecular weight excluding hydrogens is 430 g/mol. The zero-order valence-corrected chi connectivity index (χ0v) is 19.2. The first-order valence-electron chi connectivity index (χ1n) is 11.7. The van der Waals surface area contributed by atoms with Gasteiger partial charge in [-0.2, -0.15) is 9.97 Å². The van der Waals surface area contributed by atoms with Crippen LogP contribution in [0.4, 0.5) is 11.8 Å². The Labute approximate surface area is 198 Å². The third-order valence-corrected chi connectivity index (χ3v) is 6.46. The maximum absolute atomic E-state index is 6.09. The minimum absolute atomic E-state index is 0.0139. The molecule has 1 unspecified atom stereocenters. The fourth-order valence-corrected chi connectivity index (χ4v) is 4.63. The summed E-state index contributed by atoms with van der Waals surface area (Å²) in [5, 5.41) is 0. The van der Waals surface area contributed by atoms with Crippen molar-refractivity contribution in [1.82, 2.24) is 24.5 Å². The molecule has 0 aliphatic carbocycles. The molecule has 9 heteroatoms. The highest BCUT2D eigenvalue weighted by molar-refractivity contribution is 5.88. The number of rotatable bonds is 4. The normalized spacial score (nSPS) is 19.0. The lowest BCUT2D eigenvalue weighted by atomic mass is 10.1. The Kier molecular flexibility index (Phi) is 5.56. The largest absolute Gasteiger partial charge is 0.378 e. The standard InChI is InChI=1S/C25H27N7O2/c1-30-22(19-7-9-26-10-8-19)27-21-23(30)28-25(29-24(21)31-11-14-33-15-12-31)32-13-16-34-20(17-32)18-5-3-2-4-6-18/h2-10,20H,11-17H2,1H3. The predicted octanol–water partition coefficient (Wildman–Crippen LogP) is 2.84. The van der Waals surface area contributed by atoms with E-state index in [1.807, 2.05) is 37.4 Å². The summed E-state index contributed by atoms with van der Waals surface area (Å²) in [6, 6.07) is 14.3. The van der Waals surface area contributed by atoms with Crippen molar-refractivity contribution in [1.29, 1.82) is 0 Å². The van der Waals surface area contributed by atoms with Gasteiger partial charge in [-0.3, -0.25) is 4.98 Å². The lowest BCUT2D eigenvalue weighted by molar-refractivity contribution is 0.0392. The molecule has 0 saturated carbocycles. The molecule has 0 radical (unpaired) electrons. The van der Waals surface area contributed by atoms with Gasteiger partial charge in [0.15, 0.2) is 17.0 Å². The number of benzene rings is 1. The van der Waals surface area contributed by atoms with E-state index in [1.165, 1.54) is 5.56 Å². The maximum atomic E-state index is 6.09. The minimum Gasteiger partial charge on any atom is -0.378 e. The molecule has 0 N–H and O–H groups in total. The third kappa shape index (κ3) is 3.86. The van der Waals surface area contributed by atoms with Crippen LogP contribution in [0, 0.1) is 0 Å². The Bertz CT molecular complexity index is 1270. The van der Waals surface area contributed by atoms with E-state index in [1.54, 1.807) is 12.4 Å². The first kappa shape index (κ1) is 21.0. The highest BCUT2D eigenvalue weighted by Gasteiger charge is 2.28. The van der Waals surface area contributed by atoms with Gasteiger partial charge in [0, 0.05) is 44.6 Å². The Hall–Kier alpha value is -3.56. The summed E-state index contributed by atoms with van der Waals surface area (Å²) < 4.78 is 13.7. The van der Waals surface area contributed by atoms with Crippen LogP contribution in [0.3, 0.4) is 0 Å². The molecule has 2 aliphatic heterocycles. The van der Waals surface area contributed by atoms with Crippen molar-refractivity contribution in [2.75, 3.05) is 55.8 Å². The molecule has 9 nitrogen and oxygen atoms in total. The molecule has 4 aromatic rings. The van der Waals surface area contributed by atoms with E-state index in [-0.39, 0.29) is 6.10 Å². The van der Waals surface area contributed by atoms with Crippen LogP contribution in [-0.2, 0) is 16.5 Å². The second-order valence-electron chi connectivity index (χ2n) is 8.57. The fourth-order valence-electron chi connectivity index (χ4n) is 4.63. The highest BCUT2D eigenvalue weighted by Crippen LogP contribution is 2.32. The van der Waals surface area contributed by atoms with Gasteiger partial charge in [0.25, 0.3) is 0 Å². The van der Waals surface area contributed by atoms with Gasteiger partial charge in [-0.05, 0) is 17.7 Å². The summed E-state index contributed by atoms with van der Waals surface area (Å²) in [6.45, 7) is 4.99. The van der Waals surface area contributed by atoms with Crippen LogP contribution in [-0.4, -0.2) is 70.5 Å². The van der Waals surface area contributed by atoms with Crippen LogP contribution in [0.5, 0.6) is 0 Å². The number of anilines is 2. The summed E-state index contributed by atoms with van der Waals surface area (Å²) >= 11 is 0. The topological polar surface area (TPSA) is 81.4 Å². The smallest absolute Gasteiger partial charge is 0.229 e. The van der Waals surface area contributed by atoms with Gasteiger partial charge >= 0.3 is 0 Å². The molecule has 6 rings (SSSR count). The van der Waals surface area contributed by atoms with E-state index in [0.29, 0.717) is 32.3 Å². The number of hydrogen-bond donors (Lipinski definition) is 0. The molecule has 0 bridgehead atoms. The van der Waals surface area contributed by atoms with Gasteiger partial charge in [0.05, 0.1) is 26.4 Å². The zero-order chi connectivity index (χ0) is 22.9. The number of morpholine rings is 2. The highest BCUT2D eigenvalue weighted by atomic mass is 16.5. The average Bonchev–Trinajstić information content (AvgIpc) is 3.26. The van der Waals surface area contributed by atoms with E-state index in [0.717, 1.165) is 48.0 Å². The second kappa shape index (κ2) is 9.00. The van der Waals surface area contributed by atoms with Gasteiger partial charge in [-0.25, -0.2) is 4.98 Å². The lowest BCUT2D eigenvalue weighted by Crippen LogP contribution is -2.40. The number of nitrogens with zero attached hydrogens (tertiary/aromatic N) is 7. The van der Waals surface area contributed by atoms with Crippen LogP contribution in [0.25, 0.3) is 22.6 Å². The molecule has 1 aromatic carbocycles. The van der Waals surface area contributed by atoms with Crippen LogP contribution in [0.15, 0.2) is 54.9 Å². The molecule has 174 valence electrons. The molecule has 2 fully saturated rings. The Morgan fingerprint density at radius 2 is 1.62 bits per heavy atom. The van der Waals surface area contributed by atoms with Crippen LogP contribution < -0.4 is 9.80 Å². The quantitative estimate of drug-likeness (QED) is 0.463. The first-order chi connectivity index (χ1) is 16.8. The van der Waals surface area contributed by atoms with Crippen LogP contribution in [0.1, 0.15) is 11.7 Å². The van der Waals surface area contributed by atoms with Crippen molar-refractivity contribution in [3.63, 3.8) is 0 Å².